The summed E-state index contributed by atoms with van der Waals surface area (Å²) in [5.74, 6) is 0. The zero-order chi connectivity index (χ0) is 13.8. The van der Waals surface area contributed by atoms with Crippen LogP contribution in [0.1, 0.15) is 36.9 Å². The van der Waals surface area contributed by atoms with Crippen LogP contribution in [-0.4, -0.2) is 5.71 Å². The van der Waals surface area contributed by atoms with Crippen LogP contribution in [0.4, 0.5) is 0 Å². The summed E-state index contributed by atoms with van der Waals surface area (Å²) in [6.45, 7) is 2.22. The Hall–Kier alpha value is -2.15. The normalized spacial score (nSPS) is 17.8. The molecule has 1 nitrogen and oxygen atoms in total. The Kier molecular flexibility index (Phi) is 3.78. The van der Waals surface area contributed by atoms with E-state index in [1.54, 1.807) is 0 Å². The number of rotatable bonds is 4. The van der Waals surface area contributed by atoms with Crippen molar-refractivity contribution in [3.05, 3.63) is 83.4 Å². The highest BCUT2D eigenvalue weighted by molar-refractivity contribution is 6.14. The van der Waals surface area contributed by atoms with Gasteiger partial charge in [-0.2, -0.15) is 0 Å². The van der Waals surface area contributed by atoms with Crippen molar-refractivity contribution in [1.29, 1.82) is 0 Å². The van der Waals surface area contributed by atoms with Gasteiger partial charge < -0.3 is 0 Å². The summed E-state index contributed by atoms with van der Waals surface area (Å²) in [4.78, 5) is 4.95. The summed E-state index contributed by atoms with van der Waals surface area (Å²) in [5, 5.41) is 0. The molecule has 0 amide bonds. The molecule has 0 radical (unpaired) electrons. The molecule has 0 saturated heterocycles. The minimum atomic E-state index is 0.174. The molecule has 1 atom stereocenters. The van der Waals surface area contributed by atoms with Crippen molar-refractivity contribution in [2.24, 2.45) is 4.99 Å². The average molecular weight is 261 g/mol. The number of nitrogens with zero attached hydrogens (tertiary/aromatic N) is 1. The fourth-order valence-corrected chi connectivity index (χ4v) is 2.68. The third-order valence-corrected chi connectivity index (χ3v) is 3.64. The van der Waals surface area contributed by atoms with Crippen molar-refractivity contribution < 1.29 is 0 Å². The number of hydrogen-bond donors (Lipinski definition) is 0. The third-order valence-electron chi connectivity index (χ3n) is 3.64. The highest BCUT2D eigenvalue weighted by Crippen LogP contribution is 2.31. The van der Waals surface area contributed by atoms with Crippen LogP contribution in [0, 0.1) is 0 Å². The quantitative estimate of drug-likeness (QED) is 0.738. The number of allylic oxidation sites excluding steroid dienone is 1. The zero-order valence-electron chi connectivity index (χ0n) is 11.8. The summed E-state index contributed by atoms with van der Waals surface area (Å²) in [6.07, 6.45) is 4.57. The Labute approximate surface area is 120 Å². The van der Waals surface area contributed by atoms with Crippen molar-refractivity contribution in [3.63, 3.8) is 0 Å². The van der Waals surface area contributed by atoms with Crippen LogP contribution in [0.5, 0.6) is 0 Å². The molecule has 20 heavy (non-hydrogen) atoms. The molecule has 1 heteroatoms. The Morgan fingerprint density at radius 2 is 1.55 bits per heavy atom. The van der Waals surface area contributed by atoms with Gasteiger partial charge in [0.1, 0.15) is 0 Å². The van der Waals surface area contributed by atoms with Crippen molar-refractivity contribution in [1.82, 2.24) is 0 Å². The van der Waals surface area contributed by atoms with E-state index in [0.717, 1.165) is 12.8 Å². The van der Waals surface area contributed by atoms with E-state index in [2.05, 4.69) is 73.7 Å². The van der Waals surface area contributed by atoms with E-state index in [-0.39, 0.29) is 6.04 Å². The minimum Gasteiger partial charge on any atom is -0.272 e. The third kappa shape index (κ3) is 2.57. The van der Waals surface area contributed by atoms with Crippen LogP contribution in [0.3, 0.4) is 0 Å². The van der Waals surface area contributed by atoms with Gasteiger partial charge >= 0.3 is 0 Å². The van der Waals surface area contributed by atoms with Gasteiger partial charge in [-0.05, 0) is 23.1 Å². The molecule has 0 fully saturated rings. The van der Waals surface area contributed by atoms with E-state index in [0.29, 0.717) is 0 Å². The second kappa shape index (κ2) is 5.87. The lowest BCUT2D eigenvalue weighted by Gasteiger charge is -2.06. The Balaban J connectivity index is 1.98. The maximum Gasteiger partial charge on any atom is 0.0944 e. The molecule has 1 aliphatic rings. The van der Waals surface area contributed by atoms with Gasteiger partial charge in [0.25, 0.3) is 0 Å². The van der Waals surface area contributed by atoms with E-state index >= 15 is 0 Å². The van der Waals surface area contributed by atoms with Crippen LogP contribution >= 0.6 is 0 Å². The van der Waals surface area contributed by atoms with E-state index < -0.39 is 0 Å². The first-order valence-electron chi connectivity index (χ1n) is 7.27. The average Bonchev–Trinajstić information content (AvgIpc) is 2.94. The topological polar surface area (TPSA) is 12.4 Å². The predicted octanol–water partition coefficient (Wildman–Crippen LogP) is 4.96. The van der Waals surface area contributed by atoms with Gasteiger partial charge in [-0.15, -0.1) is 0 Å². The molecule has 1 unspecified atom stereocenters. The molecule has 0 N–H and O–H groups in total. The Morgan fingerprint density at radius 3 is 2.20 bits per heavy atom. The zero-order valence-corrected chi connectivity index (χ0v) is 11.8. The summed E-state index contributed by atoms with van der Waals surface area (Å²) in [7, 11) is 0. The fourth-order valence-electron chi connectivity index (χ4n) is 2.68. The molecule has 2 aromatic rings. The number of hydrogen-bond acceptors (Lipinski definition) is 1. The van der Waals surface area contributed by atoms with E-state index in [9.17, 15) is 0 Å². The fraction of sp³-hybridized carbons (Fsp3) is 0.211. The summed E-state index contributed by atoms with van der Waals surface area (Å²) in [6, 6.07) is 21.2. The lowest BCUT2D eigenvalue weighted by molar-refractivity contribution is 0.911. The molecule has 0 aliphatic carbocycles. The lowest BCUT2D eigenvalue weighted by atomic mass is 9.99. The SMILES string of the molecule is CCCC1=CC(c2ccccc2)N=C1c1ccccc1. The van der Waals surface area contributed by atoms with Gasteiger partial charge in [-0.3, -0.25) is 4.99 Å². The van der Waals surface area contributed by atoms with Gasteiger partial charge in [0, 0.05) is 0 Å². The minimum absolute atomic E-state index is 0.174. The van der Waals surface area contributed by atoms with Gasteiger partial charge in [-0.1, -0.05) is 80.1 Å². The summed E-state index contributed by atoms with van der Waals surface area (Å²) >= 11 is 0. The molecule has 2 aromatic carbocycles. The lowest BCUT2D eigenvalue weighted by Crippen LogP contribution is -2.01. The monoisotopic (exact) mass is 261 g/mol. The molecule has 0 bridgehead atoms. The van der Waals surface area contributed by atoms with Crippen LogP contribution in [-0.2, 0) is 0 Å². The first-order valence-corrected chi connectivity index (χ1v) is 7.27. The highest BCUT2D eigenvalue weighted by atomic mass is 14.8. The van der Waals surface area contributed by atoms with Gasteiger partial charge in [0.05, 0.1) is 11.8 Å². The molecular formula is C19H19N. The van der Waals surface area contributed by atoms with Gasteiger partial charge in [0.15, 0.2) is 0 Å². The smallest absolute Gasteiger partial charge is 0.0944 e. The van der Waals surface area contributed by atoms with Gasteiger partial charge in [0.2, 0.25) is 0 Å². The second-order valence-electron chi connectivity index (χ2n) is 5.14. The first-order chi connectivity index (χ1) is 9.88. The molecule has 3 rings (SSSR count). The van der Waals surface area contributed by atoms with Crippen LogP contribution in [0.15, 0.2) is 77.3 Å². The van der Waals surface area contributed by atoms with Crippen molar-refractivity contribution in [2.75, 3.05) is 0 Å². The maximum atomic E-state index is 4.95. The number of aliphatic imine (C=N–C) groups is 1. The summed E-state index contributed by atoms with van der Waals surface area (Å²) < 4.78 is 0. The first kappa shape index (κ1) is 12.9. The van der Waals surface area contributed by atoms with E-state index in [1.165, 1.54) is 22.4 Å². The van der Waals surface area contributed by atoms with Crippen LogP contribution in [0.2, 0.25) is 0 Å². The Morgan fingerprint density at radius 1 is 0.900 bits per heavy atom. The Bertz CT molecular complexity index is 623. The molecule has 1 aliphatic heterocycles. The molecule has 1 heterocycles. The van der Waals surface area contributed by atoms with Crippen molar-refractivity contribution in [2.45, 2.75) is 25.8 Å². The molecule has 100 valence electrons. The largest absolute Gasteiger partial charge is 0.272 e. The van der Waals surface area contributed by atoms with Crippen LogP contribution in [0.25, 0.3) is 0 Å². The summed E-state index contributed by atoms with van der Waals surface area (Å²) in [5.41, 5.74) is 5.05. The molecular weight excluding hydrogens is 242 g/mol. The van der Waals surface area contributed by atoms with E-state index in [4.69, 9.17) is 4.99 Å². The van der Waals surface area contributed by atoms with Crippen molar-refractivity contribution >= 4 is 5.71 Å². The van der Waals surface area contributed by atoms with Crippen LogP contribution < -0.4 is 0 Å². The standard InChI is InChI=1S/C19H19N/c1-2-9-17-14-18(15-10-5-3-6-11-15)20-19(17)16-12-7-4-8-13-16/h3-8,10-14,18H,2,9H2,1H3. The molecule has 0 spiro atoms. The van der Waals surface area contributed by atoms with Gasteiger partial charge in [-0.25, -0.2) is 0 Å². The molecule has 0 saturated carbocycles. The van der Waals surface area contributed by atoms with E-state index in [1.807, 2.05) is 0 Å². The highest BCUT2D eigenvalue weighted by Gasteiger charge is 2.20. The maximum absolute atomic E-state index is 4.95. The molecule has 0 aromatic heterocycles. The second-order valence-corrected chi connectivity index (χ2v) is 5.14. The number of benzene rings is 2. The van der Waals surface area contributed by atoms with Crippen molar-refractivity contribution in [3.8, 4) is 0 Å². The predicted molar refractivity (Wildman–Crippen MR) is 85.2 cm³/mol.